The molecular formula is C39H54CrO9. The van der Waals surface area contributed by atoms with E-state index in [-0.39, 0.29) is 86.8 Å². The molecule has 0 unspecified atom stereocenters. The maximum atomic E-state index is 11.0. The number of hydrogen-bond acceptors (Lipinski definition) is 6. The number of carbonyl (C=O) groups is 3. The number of aromatic carboxylic acids is 3. The van der Waals surface area contributed by atoms with E-state index in [4.69, 9.17) is 15.3 Å². The van der Waals surface area contributed by atoms with Crippen LogP contribution in [-0.2, 0) is 17.4 Å². The summed E-state index contributed by atoms with van der Waals surface area (Å²) in [5.74, 6) is -2.49. The van der Waals surface area contributed by atoms with Gasteiger partial charge in [0.05, 0.1) is 0 Å². The molecule has 0 aliphatic carbocycles. The van der Waals surface area contributed by atoms with Gasteiger partial charge >= 0.3 is 17.9 Å². The molecule has 0 saturated carbocycles. The Labute approximate surface area is 301 Å². The Bertz CT molecular complexity index is 1410. The first-order chi connectivity index (χ1) is 22.0. The van der Waals surface area contributed by atoms with Crippen molar-refractivity contribution in [1.29, 1.82) is 0 Å². The van der Waals surface area contributed by atoms with E-state index in [1.54, 1.807) is 18.2 Å². The van der Waals surface area contributed by atoms with E-state index in [1.165, 1.54) is 0 Å². The molecule has 0 saturated heterocycles. The van der Waals surface area contributed by atoms with Gasteiger partial charge in [0.2, 0.25) is 0 Å². The largest absolute Gasteiger partial charge is 0.507 e. The number of carboxylic acids is 3. The van der Waals surface area contributed by atoms with Crippen molar-refractivity contribution >= 4 is 17.9 Å². The van der Waals surface area contributed by atoms with Crippen LogP contribution in [0.25, 0.3) is 0 Å². The second-order valence-electron chi connectivity index (χ2n) is 13.9. The van der Waals surface area contributed by atoms with Crippen LogP contribution in [0, 0.1) is 0 Å². The van der Waals surface area contributed by atoms with Crippen LogP contribution in [0.2, 0.25) is 0 Å². The molecule has 3 aromatic carbocycles. The molecule has 6 N–H and O–H groups in total. The van der Waals surface area contributed by atoms with Crippen LogP contribution in [0.15, 0.2) is 36.4 Å². The van der Waals surface area contributed by atoms with Gasteiger partial charge in [-0.3, -0.25) is 0 Å². The third-order valence-electron chi connectivity index (χ3n) is 8.04. The summed E-state index contributed by atoms with van der Waals surface area (Å²) in [7, 11) is 0. The van der Waals surface area contributed by atoms with Gasteiger partial charge in [-0.2, -0.15) is 0 Å². The van der Waals surface area contributed by atoms with Gasteiger partial charge in [0.25, 0.3) is 0 Å². The van der Waals surface area contributed by atoms with Crippen LogP contribution in [0.4, 0.5) is 0 Å². The average molecular weight is 719 g/mol. The molecule has 10 heteroatoms. The quantitative estimate of drug-likeness (QED) is 0.126. The Kier molecular flexibility index (Phi) is 17.7. The van der Waals surface area contributed by atoms with Crippen LogP contribution in [-0.4, -0.2) is 48.5 Å². The van der Waals surface area contributed by atoms with Crippen molar-refractivity contribution in [2.45, 2.75) is 119 Å². The normalized spacial score (nSPS) is 10.9. The standard InChI is InChI=1S/3C13H18O3.Cr/c3*1-7(2)9-5-10(8(3)4)12(14)11(6-9)13(15)16;/h3*5-8,14H,1-4H3,(H,15,16);. The summed E-state index contributed by atoms with van der Waals surface area (Å²) in [6.45, 7) is 23.6. The first-order valence-electron chi connectivity index (χ1n) is 16.3. The molecule has 49 heavy (non-hydrogen) atoms. The van der Waals surface area contributed by atoms with E-state index in [0.717, 1.165) is 16.7 Å². The van der Waals surface area contributed by atoms with Gasteiger partial charge in [0.15, 0.2) is 0 Å². The maximum Gasteiger partial charge on any atom is 0.339 e. The fourth-order valence-electron chi connectivity index (χ4n) is 4.85. The molecule has 9 nitrogen and oxygen atoms in total. The third kappa shape index (κ3) is 12.1. The van der Waals surface area contributed by atoms with Crippen molar-refractivity contribution in [1.82, 2.24) is 0 Å². The van der Waals surface area contributed by atoms with E-state index < -0.39 is 17.9 Å². The predicted octanol–water partition coefficient (Wildman–Crippen LogP) is 10.0. The second kappa shape index (κ2) is 19.3. The van der Waals surface area contributed by atoms with Crippen molar-refractivity contribution in [3.63, 3.8) is 0 Å². The summed E-state index contributed by atoms with van der Waals surface area (Å²) in [6, 6.07) is 10.3. The molecule has 0 aliphatic heterocycles. The summed E-state index contributed by atoms with van der Waals surface area (Å²) in [5, 5.41) is 56.6. The Morgan fingerprint density at radius 2 is 0.571 bits per heavy atom. The van der Waals surface area contributed by atoms with E-state index in [1.807, 2.05) is 101 Å². The van der Waals surface area contributed by atoms with E-state index in [2.05, 4.69) is 0 Å². The summed E-state index contributed by atoms with van der Waals surface area (Å²) < 4.78 is 0. The smallest absolute Gasteiger partial charge is 0.339 e. The average Bonchev–Trinajstić information content (AvgIpc) is 2.96. The van der Waals surface area contributed by atoms with Crippen molar-refractivity contribution in [2.24, 2.45) is 0 Å². The number of carboxylic acid groups (broad SMARTS) is 3. The number of hydrogen-bond donors (Lipinski definition) is 6. The topological polar surface area (TPSA) is 173 Å². The minimum Gasteiger partial charge on any atom is -0.507 e. The van der Waals surface area contributed by atoms with Crippen molar-refractivity contribution in [2.75, 3.05) is 0 Å². The molecule has 0 aliphatic rings. The fraction of sp³-hybridized carbons (Fsp3) is 0.462. The third-order valence-corrected chi connectivity index (χ3v) is 8.04. The Hall–Kier alpha value is -4.00. The van der Waals surface area contributed by atoms with Crippen LogP contribution < -0.4 is 0 Å². The molecule has 3 aromatic rings. The zero-order valence-corrected chi connectivity index (χ0v) is 32.0. The molecule has 0 atom stereocenters. The Morgan fingerprint density at radius 1 is 0.388 bits per heavy atom. The number of phenols is 3. The van der Waals surface area contributed by atoms with E-state index >= 15 is 0 Å². The first kappa shape index (κ1) is 45.0. The van der Waals surface area contributed by atoms with Crippen molar-refractivity contribution in [3.8, 4) is 17.2 Å². The van der Waals surface area contributed by atoms with Gasteiger partial charge in [-0.15, -0.1) is 0 Å². The zero-order chi connectivity index (χ0) is 37.4. The molecule has 270 valence electrons. The van der Waals surface area contributed by atoms with Gasteiger partial charge in [0, 0.05) is 17.4 Å². The number of benzene rings is 3. The molecule has 0 fully saturated rings. The minimum atomic E-state index is -1.08. The summed E-state index contributed by atoms with van der Waals surface area (Å²) in [4.78, 5) is 33.0. The van der Waals surface area contributed by atoms with E-state index in [0.29, 0.717) is 16.7 Å². The monoisotopic (exact) mass is 718 g/mol. The summed E-state index contributed by atoms with van der Waals surface area (Å²) >= 11 is 0. The van der Waals surface area contributed by atoms with E-state index in [9.17, 15) is 29.7 Å². The summed E-state index contributed by atoms with van der Waals surface area (Å²) in [5.41, 5.74) is 4.91. The van der Waals surface area contributed by atoms with Gasteiger partial charge in [-0.1, -0.05) is 101 Å². The first-order valence-corrected chi connectivity index (χ1v) is 16.3. The van der Waals surface area contributed by atoms with Crippen LogP contribution >= 0.6 is 0 Å². The SMILES string of the molecule is CC(C)c1cc(C(=O)O)c(O)c(C(C)C)c1.CC(C)c1cc(C(=O)O)c(O)c(C(C)C)c1.CC(C)c1cc(C(=O)O)c(O)c(C(C)C)c1.[Cr]. The molecule has 0 heterocycles. The molecular weight excluding hydrogens is 664 g/mol. The van der Waals surface area contributed by atoms with Crippen LogP contribution in [0.3, 0.4) is 0 Å². The van der Waals surface area contributed by atoms with Crippen molar-refractivity contribution < 1.29 is 62.4 Å². The molecule has 0 aromatic heterocycles. The van der Waals surface area contributed by atoms with Crippen LogP contribution in [0.5, 0.6) is 17.2 Å². The van der Waals surface area contributed by atoms with Gasteiger partial charge in [-0.25, -0.2) is 14.4 Å². The summed E-state index contributed by atoms with van der Waals surface area (Å²) in [6.07, 6.45) is 0. The fourth-order valence-corrected chi connectivity index (χ4v) is 4.85. The minimum absolute atomic E-state index is 0. The van der Waals surface area contributed by atoms with Gasteiger partial charge < -0.3 is 30.6 Å². The molecule has 0 amide bonds. The predicted molar refractivity (Wildman–Crippen MR) is 190 cm³/mol. The second-order valence-corrected chi connectivity index (χ2v) is 13.9. The molecule has 3 rings (SSSR count). The molecule has 0 bridgehead atoms. The molecule has 0 spiro atoms. The van der Waals surface area contributed by atoms with Gasteiger partial charge in [-0.05, 0) is 87.1 Å². The van der Waals surface area contributed by atoms with Crippen molar-refractivity contribution in [3.05, 3.63) is 86.5 Å². The Morgan fingerprint density at radius 3 is 0.694 bits per heavy atom. The Balaban J connectivity index is 0.000000698. The number of rotatable bonds is 9. The molecule has 0 radical (unpaired) electrons. The number of aromatic hydroxyl groups is 3. The van der Waals surface area contributed by atoms with Gasteiger partial charge in [0.1, 0.15) is 33.9 Å². The van der Waals surface area contributed by atoms with Crippen LogP contribution in [0.1, 0.15) is 183 Å². The maximum absolute atomic E-state index is 11.0. The zero-order valence-electron chi connectivity index (χ0n) is 30.7.